The number of hydrogen-bond donors (Lipinski definition) is 1. The third kappa shape index (κ3) is 3.01. The van der Waals surface area contributed by atoms with Crippen molar-refractivity contribution in [2.45, 2.75) is 6.10 Å². The zero-order chi connectivity index (χ0) is 12.1. The molecule has 0 aliphatic rings. The number of ether oxygens (including phenoxy) is 1. The molecule has 1 atom stereocenters. The first kappa shape index (κ1) is 11.5. The van der Waals surface area contributed by atoms with Gasteiger partial charge < -0.3 is 10.5 Å². The Labute approximate surface area is 99.1 Å². The number of pyridine rings is 1. The molecule has 0 aliphatic carbocycles. The van der Waals surface area contributed by atoms with Crippen molar-refractivity contribution in [2.75, 3.05) is 6.54 Å². The van der Waals surface area contributed by atoms with E-state index in [9.17, 15) is 4.39 Å². The Morgan fingerprint density at radius 1 is 1.24 bits per heavy atom. The van der Waals surface area contributed by atoms with Gasteiger partial charge in [0.2, 0.25) is 0 Å². The molecule has 1 aromatic carbocycles. The van der Waals surface area contributed by atoms with Gasteiger partial charge in [-0.3, -0.25) is 4.98 Å². The Balaban J connectivity index is 2.13. The van der Waals surface area contributed by atoms with Gasteiger partial charge in [0.15, 0.2) is 0 Å². The highest BCUT2D eigenvalue weighted by molar-refractivity contribution is 5.24. The van der Waals surface area contributed by atoms with E-state index in [-0.39, 0.29) is 11.9 Å². The third-order valence-electron chi connectivity index (χ3n) is 2.36. The van der Waals surface area contributed by atoms with Crippen molar-refractivity contribution in [1.29, 1.82) is 0 Å². The van der Waals surface area contributed by atoms with Crippen LogP contribution in [-0.4, -0.2) is 11.5 Å². The van der Waals surface area contributed by atoms with Crippen molar-refractivity contribution in [3.8, 4) is 5.75 Å². The van der Waals surface area contributed by atoms with Crippen LogP contribution >= 0.6 is 0 Å². The van der Waals surface area contributed by atoms with Gasteiger partial charge in [-0.05, 0) is 30.3 Å². The molecule has 1 unspecified atom stereocenters. The molecule has 1 heterocycles. The number of hydrogen-bond acceptors (Lipinski definition) is 3. The summed E-state index contributed by atoms with van der Waals surface area (Å²) in [5.74, 6) is 0.300. The Morgan fingerprint density at radius 2 is 2.00 bits per heavy atom. The quantitative estimate of drug-likeness (QED) is 0.879. The van der Waals surface area contributed by atoms with Gasteiger partial charge in [-0.1, -0.05) is 6.07 Å². The summed E-state index contributed by atoms with van der Waals surface area (Å²) in [6, 6.07) is 9.58. The van der Waals surface area contributed by atoms with Crippen LogP contribution < -0.4 is 10.5 Å². The Kier molecular flexibility index (Phi) is 3.67. The number of halogens is 1. The summed E-state index contributed by atoms with van der Waals surface area (Å²) in [5.41, 5.74) is 6.56. The van der Waals surface area contributed by atoms with Crippen LogP contribution in [0.4, 0.5) is 4.39 Å². The van der Waals surface area contributed by atoms with Gasteiger partial charge in [0.1, 0.15) is 17.7 Å². The fourth-order valence-corrected chi connectivity index (χ4v) is 1.50. The minimum atomic E-state index is -0.289. The van der Waals surface area contributed by atoms with Gasteiger partial charge in [0.25, 0.3) is 0 Å². The highest BCUT2D eigenvalue weighted by Gasteiger charge is 2.11. The first-order chi connectivity index (χ1) is 8.29. The predicted molar refractivity (Wildman–Crippen MR) is 63.1 cm³/mol. The van der Waals surface area contributed by atoms with E-state index in [0.717, 1.165) is 5.56 Å². The zero-order valence-electron chi connectivity index (χ0n) is 9.21. The highest BCUT2D eigenvalue weighted by atomic mass is 19.1. The van der Waals surface area contributed by atoms with Crippen LogP contribution in [0.25, 0.3) is 0 Å². The van der Waals surface area contributed by atoms with E-state index < -0.39 is 0 Å². The monoisotopic (exact) mass is 232 g/mol. The van der Waals surface area contributed by atoms with Gasteiger partial charge in [-0.15, -0.1) is 0 Å². The topological polar surface area (TPSA) is 48.1 Å². The molecule has 1 aromatic heterocycles. The van der Waals surface area contributed by atoms with Crippen LogP contribution in [0.2, 0.25) is 0 Å². The highest BCUT2D eigenvalue weighted by Crippen LogP contribution is 2.20. The molecular weight excluding hydrogens is 219 g/mol. The zero-order valence-corrected chi connectivity index (χ0v) is 9.21. The lowest BCUT2D eigenvalue weighted by atomic mass is 10.1. The Hall–Kier alpha value is -1.94. The summed E-state index contributed by atoms with van der Waals surface area (Å²) in [6.07, 6.45) is 3.13. The van der Waals surface area contributed by atoms with Crippen LogP contribution in [0.15, 0.2) is 48.8 Å². The van der Waals surface area contributed by atoms with E-state index in [1.54, 1.807) is 24.5 Å². The van der Waals surface area contributed by atoms with Crippen molar-refractivity contribution < 1.29 is 9.13 Å². The molecule has 2 N–H and O–H groups in total. The van der Waals surface area contributed by atoms with E-state index in [4.69, 9.17) is 10.5 Å². The minimum Gasteiger partial charge on any atom is -0.484 e. The van der Waals surface area contributed by atoms with Crippen molar-refractivity contribution in [1.82, 2.24) is 4.98 Å². The lowest BCUT2D eigenvalue weighted by Crippen LogP contribution is -2.18. The van der Waals surface area contributed by atoms with E-state index >= 15 is 0 Å². The number of nitrogens with two attached hydrogens (primary N) is 1. The van der Waals surface area contributed by atoms with Crippen LogP contribution in [0.1, 0.15) is 11.7 Å². The second kappa shape index (κ2) is 5.41. The number of rotatable bonds is 4. The summed E-state index contributed by atoms with van der Waals surface area (Å²) < 4.78 is 18.4. The van der Waals surface area contributed by atoms with Crippen molar-refractivity contribution in [2.24, 2.45) is 5.73 Å². The summed E-state index contributed by atoms with van der Waals surface area (Å²) >= 11 is 0. The van der Waals surface area contributed by atoms with Gasteiger partial charge in [0, 0.05) is 24.5 Å². The summed E-state index contributed by atoms with van der Waals surface area (Å²) in [5, 5.41) is 0. The minimum absolute atomic E-state index is 0.269. The molecular formula is C13H13FN2O. The van der Waals surface area contributed by atoms with E-state index in [0.29, 0.717) is 12.3 Å². The fourth-order valence-electron chi connectivity index (χ4n) is 1.50. The number of nitrogens with zero attached hydrogens (tertiary/aromatic N) is 1. The predicted octanol–water partition coefficient (Wildman–Crippen LogP) is 2.30. The molecule has 2 rings (SSSR count). The van der Waals surface area contributed by atoms with Crippen LogP contribution in [-0.2, 0) is 0 Å². The molecule has 0 aliphatic heterocycles. The standard InChI is InChI=1S/C13H13FN2O/c14-11-3-5-12(6-4-11)17-13(8-15)10-2-1-7-16-9-10/h1-7,9,13H,8,15H2. The molecule has 0 fully saturated rings. The number of aromatic nitrogens is 1. The first-order valence-electron chi connectivity index (χ1n) is 5.32. The lowest BCUT2D eigenvalue weighted by Gasteiger charge is -2.17. The normalized spacial score (nSPS) is 12.1. The Bertz CT molecular complexity index is 459. The van der Waals surface area contributed by atoms with Gasteiger partial charge in [-0.2, -0.15) is 0 Å². The molecule has 0 saturated heterocycles. The summed E-state index contributed by atoms with van der Waals surface area (Å²) in [7, 11) is 0. The van der Waals surface area contributed by atoms with E-state index in [2.05, 4.69) is 4.98 Å². The molecule has 2 aromatic rings. The first-order valence-corrected chi connectivity index (χ1v) is 5.32. The second-order valence-corrected chi connectivity index (χ2v) is 3.58. The molecule has 88 valence electrons. The molecule has 0 spiro atoms. The fraction of sp³-hybridized carbons (Fsp3) is 0.154. The van der Waals surface area contributed by atoms with E-state index in [1.165, 1.54) is 12.1 Å². The molecule has 3 nitrogen and oxygen atoms in total. The Morgan fingerprint density at radius 3 is 2.59 bits per heavy atom. The smallest absolute Gasteiger partial charge is 0.137 e. The lowest BCUT2D eigenvalue weighted by molar-refractivity contribution is 0.213. The molecule has 0 radical (unpaired) electrons. The van der Waals surface area contributed by atoms with Crippen molar-refractivity contribution in [3.63, 3.8) is 0 Å². The van der Waals surface area contributed by atoms with Gasteiger partial charge in [-0.25, -0.2) is 4.39 Å². The van der Waals surface area contributed by atoms with Crippen LogP contribution in [0.3, 0.4) is 0 Å². The largest absolute Gasteiger partial charge is 0.484 e. The van der Waals surface area contributed by atoms with E-state index in [1.807, 2.05) is 12.1 Å². The maximum absolute atomic E-state index is 12.7. The maximum Gasteiger partial charge on any atom is 0.137 e. The van der Waals surface area contributed by atoms with Crippen LogP contribution in [0.5, 0.6) is 5.75 Å². The van der Waals surface area contributed by atoms with Crippen molar-refractivity contribution in [3.05, 3.63) is 60.2 Å². The molecule has 17 heavy (non-hydrogen) atoms. The summed E-state index contributed by atoms with van der Waals surface area (Å²) in [6.45, 7) is 0.336. The second-order valence-electron chi connectivity index (χ2n) is 3.58. The average molecular weight is 232 g/mol. The molecule has 0 amide bonds. The SMILES string of the molecule is NCC(Oc1ccc(F)cc1)c1cccnc1. The molecule has 0 saturated carbocycles. The molecule has 4 heteroatoms. The van der Waals surface area contributed by atoms with Crippen molar-refractivity contribution >= 4 is 0 Å². The third-order valence-corrected chi connectivity index (χ3v) is 2.36. The average Bonchev–Trinajstić information content (AvgIpc) is 2.39. The van der Waals surface area contributed by atoms with Crippen LogP contribution in [0, 0.1) is 5.82 Å². The maximum atomic E-state index is 12.7. The summed E-state index contributed by atoms with van der Waals surface area (Å²) in [4.78, 5) is 4.01. The van der Waals surface area contributed by atoms with Gasteiger partial charge >= 0.3 is 0 Å². The molecule has 0 bridgehead atoms. The number of benzene rings is 1. The van der Waals surface area contributed by atoms with Gasteiger partial charge in [0.05, 0.1) is 0 Å².